The van der Waals surface area contributed by atoms with Crippen molar-refractivity contribution in [3.63, 3.8) is 0 Å². The lowest BCUT2D eigenvalue weighted by Crippen LogP contribution is -2.27. The number of halogens is 1. The molecular formula is C21H19BrN2O5. The third-order valence-corrected chi connectivity index (χ3v) is 4.31. The number of benzene rings is 2. The maximum absolute atomic E-state index is 13.0. The first-order valence-corrected chi connectivity index (χ1v) is 9.90. The van der Waals surface area contributed by atoms with E-state index >= 15 is 0 Å². The van der Waals surface area contributed by atoms with Crippen LogP contribution in [0.5, 0.6) is 11.5 Å². The van der Waals surface area contributed by atoms with Crippen LogP contribution in [0, 0.1) is 0 Å². The first-order chi connectivity index (χ1) is 13.8. The number of carbonyl (C=O) groups excluding carboxylic acids is 2. The Bertz CT molecular complexity index is 1050. The molecule has 29 heavy (non-hydrogen) atoms. The molecule has 1 aromatic heterocycles. The molecule has 0 aliphatic rings. The second-order valence-corrected chi connectivity index (χ2v) is 7.66. The highest BCUT2D eigenvalue weighted by Crippen LogP contribution is 2.34. The number of carbonyl (C=O) groups is 2. The van der Waals surface area contributed by atoms with E-state index in [-0.39, 0.29) is 11.3 Å². The Labute approximate surface area is 176 Å². The molecule has 7 nitrogen and oxygen atoms in total. The van der Waals surface area contributed by atoms with Crippen LogP contribution in [0.4, 0.5) is 4.79 Å². The summed E-state index contributed by atoms with van der Waals surface area (Å²) in [6, 6.07) is 10.4. The molecule has 0 fully saturated rings. The van der Waals surface area contributed by atoms with Crippen molar-refractivity contribution in [1.29, 1.82) is 0 Å². The number of hydrogen-bond acceptors (Lipinski definition) is 7. The predicted molar refractivity (Wildman–Crippen MR) is 110 cm³/mol. The van der Waals surface area contributed by atoms with Crippen LogP contribution in [0.1, 0.15) is 36.7 Å². The van der Waals surface area contributed by atoms with Crippen LogP contribution in [-0.2, 0) is 10.1 Å². The van der Waals surface area contributed by atoms with Gasteiger partial charge in [-0.2, -0.15) is 0 Å². The lowest BCUT2D eigenvalue weighted by atomic mass is 10.0. The number of fused-ring (bicyclic) bond motifs is 1. The van der Waals surface area contributed by atoms with Crippen LogP contribution < -0.4 is 9.47 Å². The standard InChI is InChI=1S/C21H19BrN2O5/c1-21(2,3)29-20(26)28-18-16(19(25)27-15-7-5-4-6-8-15)13(10-22)9-14-11-23-12-24-17(14)18/h4-9,11-12H,10H2,1-3H3. The number of rotatable bonds is 4. The Morgan fingerprint density at radius 3 is 2.48 bits per heavy atom. The maximum atomic E-state index is 13.0. The molecule has 0 aliphatic carbocycles. The number of ether oxygens (including phenoxy) is 3. The van der Waals surface area contributed by atoms with Gasteiger partial charge in [0.15, 0.2) is 5.75 Å². The average molecular weight is 459 g/mol. The lowest BCUT2D eigenvalue weighted by molar-refractivity contribution is 0.0207. The molecule has 2 aromatic carbocycles. The van der Waals surface area contributed by atoms with E-state index in [1.165, 1.54) is 6.33 Å². The third kappa shape index (κ3) is 5.08. The highest BCUT2D eigenvalue weighted by Gasteiger charge is 2.27. The first-order valence-electron chi connectivity index (χ1n) is 8.78. The van der Waals surface area contributed by atoms with Gasteiger partial charge < -0.3 is 14.2 Å². The SMILES string of the molecule is CC(C)(C)OC(=O)Oc1c(C(=O)Oc2ccccc2)c(CBr)cc2cncnc12. The minimum absolute atomic E-state index is 0.0328. The van der Waals surface area contributed by atoms with E-state index < -0.39 is 17.7 Å². The molecule has 8 heteroatoms. The number of alkyl halides is 1. The van der Waals surface area contributed by atoms with Crippen molar-refractivity contribution in [2.24, 2.45) is 0 Å². The molecule has 3 aromatic rings. The minimum atomic E-state index is -0.946. The largest absolute Gasteiger partial charge is 0.514 e. The van der Waals surface area contributed by atoms with Crippen LogP contribution in [-0.4, -0.2) is 27.7 Å². The second kappa shape index (κ2) is 8.57. The molecule has 0 bridgehead atoms. The van der Waals surface area contributed by atoms with E-state index in [1.54, 1.807) is 57.3 Å². The van der Waals surface area contributed by atoms with Gasteiger partial charge in [-0.1, -0.05) is 34.1 Å². The lowest BCUT2D eigenvalue weighted by Gasteiger charge is -2.20. The second-order valence-electron chi connectivity index (χ2n) is 7.10. The van der Waals surface area contributed by atoms with Gasteiger partial charge in [-0.25, -0.2) is 19.6 Å². The summed E-state index contributed by atoms with van der Waals surface area (Å²) in [5.74, 6) is -0.344. The average Bonchev–Trinajstić information content (AvgIpc) is 2.66. The number of esters is 1. The van der Waals surface area contributed by atoms with E-state index in [0.29, 0.717) is 27.5 Å². The van der Waals surface area contributed by atoms with E-state index in [0.717, 1.165) is 0 Å². The molecule has 0 atom stereocenters. The van der Waals surface area contributed by atoms with E-state index in [1.807, 2.05) is 6.07 Å². The summed E-state index contributed by atoms with van der Waals surface area (Å²) in [6.07, 6.45) is 1.94. The molecule has 0 amide bonds. The van der Waals surface area contributed by atoms with Gasteiger partial charge in [-0.3, -0.25) is 0 Å². The Morgan fingerprint density at radius 1 is 1.10 bits per heavy atom. The van der Waals surface area contributed by atoms with Crippen molar-refractivity contribution in [2.75, 3.05) is 0 Å². The molecule has 0 aliphatic heterocycles. The van der Waals surface area contributed by atoms with Crippen molar-refractivity contribution in [3.8, 4) is 11.5 Å². The molecule has 150 valence electrons. The van der Waals surface area contributed by atoms with Crippen LogP contribution in [0.3, 0.4) is 0 Å². The fourth-order valence-electron chi connectivity index (χ4n) is 2.59. The number of nitrogens with zero attached hydrogens (tertiary/aromatic N) is 2. The quantitative estimate of drug-likeness (QED) is 0.233. The zero-order valence-corrected chi connectivity index (χ0v) is 17.7. The van der Waals surface area contributed by atoms with Gasteiger partial charge in [0.1, 0.15) is 28.8 Å². The van der Waals surface area contributed by atoms with Gasteiger partial charge >= 0.3 is 12.1 Å². The summed E-state index contributed by atoms with van der Waals surface area (Å²) in [5, 5.41) is 0.929. The summed E-state index contributed by atoms with van der Waals surface area (Å²) in [7, 11) is 0. The van der Waals surface area contributed by atoms with Gasteiger partial charge in [0, 0.05) is 16.9 Å². The molecule has 0 unspecified atom stereocenters. The maximum Gasteiger partial charge on any atom is 0.514 e. The summed E-state index contributed by atoms with van der Waals surface area (Å²) >= 11 is 3.38. The molecule has 1 heterocycles. The topological polar surface area (TPSA) is 87.6 Å². The van der Waals surface area contributed by atoms with Crippen LogP contribution in [0.15, 0.2) is 48.9 Å². The predicted octanol–water partition coefficient (Wildman–Crippen LogP) is 5.06. The van der Waals surface area contributed by atoms with Gasteiger partial charge in [-0.05, 0) is 44.5 Å². The van der Waals surface area contributed by atoms with Gasteiger partial charge in [0.05, 0.1) is 0 Å². The zero-order valence-electron chi connectivity index (χ0n) is 16.1. The highest BCUT2D eigenvalue weighted by molar-refractivity contribution is 9.08. The number of hydrogen-bond donors (Lipinski definition) is 0. The smallest absolute Gasteiger partial charge is 0.428 e. The fourth-order valence-corrected chi connectivity index (χ4v) is 3.03. The molecule has 0 saturated carbocycles. The van der Waals surface area contributed by atoms with Gasteiger partial charge in [-0.15, -0.1) is 0 Å². The molecule has 0 radical (unpaired) electrons. The van der Waals surface area contributed by atoms with Gasteiger partial charge in [0.25, 0.3) is 0 Å². The minimum Gasteiger partial charge on any atom is -0.428 e. The van der Waals surface area contributed by atoms with Gasteiger partial charge in [0.2, 0.25) is 0 Å². The van der Waals surface area contributed by atoms with Crippen LogP contribution in [0.2, 0.25) is 0 Å². The Morgan fingerprint density at radius 2 is 1.83 bits per heavy atom. The number of aromatic nitrogens is 2. The third-order valence-electron chi connectivity index (χ3n) is 3.71. The van der Waals surface area contributed by atoms with Crippen LogP contribution >= 0.6 is 15.9 Å². The fraction of sp³-hybridized carbons (Fsp3) is 0.238. The molecule has 0 spiro atoms. The molecular weight excluding hydrogens is 440 g/mol. The van der Waals surface area contributed by atoms with Crippen molar-refractivity contribution in [3.05, 3.63) is 60.0 Å². The molecule has 3 rings (SSSR count). The summed E-state index contributed by atoms with van der Waals surface area (Å²) < 4.78 is 16.2. The van der Waals surface area contributed by atoms with E-state index in [9.17, 15) is 9.59 Å². The Hall–Kier alpha value is -3.00. The molecule has 0 saturated heterocycles. The zero-order chi connectivity index (χ0) is 21.0. The summed E-state index contributed by atoms with van der Waals surface area (Å²) in [5.41, 5.74) is 0.185. The van der Waals surface area contributed by atoms with Crippen molar-refractivity contribution in [2.45, 2.75) is 31.7 Å². The highest BCUT2D eigenvalue weighted by atomic mass is 79.9. The van der Waals surface area contributed by atoms with Crippen LogP contribution in [0.25, 0.3) is 10.9 Å². The monoisotopic (exact) mass is 458 g/mol. The van der Waals surface area contributed by atoms with Crippen molar-refractivity contribution >= 4 is 39.0 Å². The van der Waals surface area contributed by atoms with Crippen molar-refractivity contribution in [1.82, 2.24) is 9.97 Å². The first kappa shape index (κ1) is 20.7. The number of para-hydroxylation sites is 1. The van der Waals surface area contributed by atoms with Crippen molar-refractivity contribution < 1.29 is 23.8 Å². The summed E-state index contributed by atoms with van der Waals surface area (Å²) in [4.78, 5) is 33.5. The normalized spacial score (nSPS) is 11.2. The molecule has 0 N–H and O–H groups in total. The summed E-state index contributed by atoms with van der Waals surface area (Å²) in [6.45, 7) is 5.15. The Kier molecular flexibility index (Phi) is 6.12. The van der Waals surface area contributed by atoms with E-state index in [2.05, 4.69) is 25.9 Å². The van der Waals surface area contributed by atoms with E-state index in [4.69, 9.17) is 14.2 Å². The Balaban J connectivity index is 2.10.